The molecular weight excluding hydrogens is 266 g/mol. The average molecular weight is 287 g/mol. The Morgan fingerprint density at radius 1 is 1.47 bits per heavy atom. The van der Waals surface area contributed by atoms with Crippen molar-refractivity contribution in [2.75, 3.05) is 12.9 Å². The number of hydrogen-bond acceptors (Lipinski definition) is 5. The topological polar surface area (TPSA) is 77.2 Å². The molecule has 0 spiro atoms. The lowest BCUT2D eigenvalue weighted by Crippen LogP contribution is -2.30. The van der Waals surface area contributed by atoms with Crippen molar-refractivity contribution in [1.29, 1.82) is 0 Å². The molecule has 108 valence electrons. The Kier molecular flexibility index (Phi) is 5.37. The molecule has 0 fully saturated rings. The second kappa shape index (κ2) is 6.38. The molecule has 0 aliphatic rings. The van der Waals surface area contributed by atoms with Crippen LogP contribution in [0.4, 0.5) is 0 Å². The molecule has 0 saturated heterocycles. The molecule has 0 unspecified atom stereocenters. The molecule has 7 heteroatoms. The van der Waals surface area contributed by atoms with Crippen LogP contribution in [0.1, 0.15) is 39.4 Å². The predicted octanol–water partition coefficient (Wildman–Crippen LogP) is 2.00. The van der Waals surface area contributed by atoms with Gasteiger partial charge in [-0.2, -0.15) is 0 Å². The minimum Gasteiger partial charge on any atom is -0.481 e. The standard InChI is InChI=1S/C12H21N3O3S/c1-8(2)10-13-14-11(19-6-9(16)17)15(10)7-12(3,4)18-5/h8H,6-7H2,1-5H3,(H,16,17). The molecule has 0 radical (unpaired) electrons. The highest BCUT2D eigenvalue weighted by Crippen LogP contribution is 2.24. The van der Waals surface area contributed by atoms with Crippen LogP contribution < -0.4 is 0 Å². The number of aromatic nitrogens is 3. The number of nitrogens with zero attached hydrogens (tertiary/aromatic N) is 3. The average Bonchev–Trinajstić information content (AvgIpc) is 2.69. The summed E-state index contributed by atoms with van der Waals surface area (Å²) in [7, 11) is 1.66. The van der Waals surface area contributed by atoms with Gasteiger partial charge in [-0.25, -0.2) is 0 Å². The number of rotatable bonds is 7. The SMILES string of the molecule is COC(C)(C)Cn1c(SCC(=O)O)nnc1C(C)C. The predicted molar refractivity (Wildman–Crippen MR) is 73.6 cm³/mol. The van der Waals surface area contributed by atoms with Gasteiger partial charge >= 0.3 is 5.97 Å². The molecule has 0 bridgehead atoms. The van der Waals surface area contributed by atoms with Gasteiger partial charge in [-0.05, 0) is 13.8 Å². The van der Waals surface area contributed by atoms with Crippen LogP contribution in [0.25, 0.3) is 0 Å². The van der Waals surface area contributed by atoms with Gasteiger partial charge in [0, 0.05) is 13.0 Å². The van der Waals surface area contributed by atoms with Gasteiger partial charge in [0.15, 0.2) is 5.16 Å². The lowest BCUT2D eigenvalue weighted by Gasteiger charge is -2.25. The fourth-order valence-corrected chi connectivity index (χ4v) is 2.22. The van der Waals surface area contributed by atoms with Gasteiger partial charge in [0.05, 0.1) is 17.9 Å². The summed E-state index contributed by atoms with van der Waals surface area (Å²) >= 11 is 1.18. The molecule has 6 nitrogen and oxygen atoms in total. The number of carboxylic acids is 1. The molecule has 0 aromatic carbocycles. The number of carboxylic acid groups (broad SMARTS) is 1. The molecule has 0 amide bonds. The van der Waals surface area contributed by atoms with Gasteiger partial charge in [0.2, 0.25) is 0 Å². The second-order valence-electron chi connectivity index (χ2n) is 5.23. The Bertz CT molecular complexity index is 443. The Balaban J connectivity index is 3.01. The highest BCUT2D eigenvalue weighted by molar-refractivity contribution is 7.99. The monoisotopic (exact) mass is 287 g/mol. The summed E-state index contributed by atoms with van der Waals surface area (Å²) in [5.74, 6) is 0.179. The highest BCUT2D eigenvalue weighted by Gasteiger charge is 2.24. The smallest absolute Gasteiger partial charge is 0.313 e. The third-order valence-electron chi connectivity index (χ3n) is 2.68. The van der Waals surface area contributed by atoms with Crippen LogP contribution in [-0.2, 0) is 16.1 Å². The Hall–Kier alpha value is -1.08. The van der Waals surface area contributed by atoms with E-state index in [0.29, 0.717) is 11.7 Å². The van der Waals surface area contributed by atoms with E-state index < -0.39 is 5.97 Å². The van der Waals surface area contributed by atoms with Gasteiger partial charge < -0.3 is 14.4 Å². The van der Waals surface area contributed by atoms with Crippen molar-refractivity contribution in [2.45, 2.75) is 50.9 Å². The van der Waals surface area contributed by atoms with Gasteiger partial charge in [-0.1, -0.05) is 25.6 Å². The number of hydrogen-bond donors (Lipinski definition) is 1. The van der Waals surface area contributed by atoms with Crippen LogP contribution in [0.5, 0.6) is 0 Å². The first-order chi connectivity index (χ1) is 8.76. The molecule has 0 aliphatic carbocycles. The maximum Gasteiger partial charge on any atom is 0.313 e. The molecule has 19 heavy (non-hydrogen) atoms. The van der Waals surface area contributed by atoms with Crippen LogP contribution in [-0.4, -0.2) is 44.3 Å². The quantitative estimate of drug-likeness (QED) is 0.773. The second-order valence-corrected chi connectivity index (χ2v) is 6.17. The van der Waals surface area contributed by atoms with E-state index in [1.54, 1.807) is 7.11 Å². The normalized spacial score (nSPS) is 12.1. The van der Waals surface area contributed by atoms with Gasteiger partial charge in [-0.3, -0.25) is 4.79 Å². The molecule has 1 rings (SSSR count). The van der Waals surface area contributed by atoms with Crippen molar-refractivity contribution >= 4 is 17.7 Å². The van der Waals surface area contributed by atoms with Crippen LogP contribution in [0, 0.1) is 0 Å². The Labute approximate surface area is 117 Å². The zero-order valence-corrected chi connectivity index (χ0v) is 12.8. The number of aliphatic carboxylic acids is 1. The zero-order chi connectivity index (χ0) is 14.6. The molecule has 1 heterocycles. The van der Waals surface area contributed by atoms with E-state index in [-0.39, 0.29) is 17.3 Å². The number of methoxy groups -OCH3 is 1. The fraction of sp³-hybridized carbons (Fsp3) is 0.750. The zero-order valence-electron chi connectivity index (χ0n) is 12.0. The number of carbonyl (C=O) groups is 1. The van der Waals surface area contributed by atoms with Gasteiger partial charge in [0.25, 0.3) is 0 Å². The number of thioether (sulfide) groups is 1. The Morgan fingerprint density at radius 3 is 2.58 bits per heavy atom. The molecule has 1 aromatic rings. The van der Waals surface area contributed by atoms with E-state index in [4.69, 9.17) is 9.84 Å². The largest absolute Gasteiger partial charge is 0.481 e. The highest BCUT2D eigenvalue weighted by atomic mass is 32.2. The first kappa shape index (κ1) is 16.0. The minimum absolute atomic E-state index is 0.0242. The van der Waals surface area contributed by atoms with Crippen molar-refractivity contribution in [2.24, 2.45) is 0 Å². The van der Waals surface area contributed by atoms with Crippen molar-refractivity contribution in [3.63, 3.8) is 0 Å². The third-order valence-corrected chi connectivity index (χ3v) is 3.63. The summed E-state index contributed by atoms with van der Waals surface area (Å²) in [5, 5.41) is 17.6. The van der Waals surface area contributed by atoms with Crippen molar-refractivity contribution in [1.82, 2.24) is 14.8 Å². The maximum absolute atomic E-state index is 10.7. The van der Waals surface area contributed by atoms with E-state index >= 15 is 0 Å². The van der Waals surface area contributed by atoms with Crippen LogP contribution >= 0.6 is 11.8 Å². The summed E-state index contributed by atoms with van der Waals surface area (Å²) in [6, 6.07) is 0. The third kappa shape index (κ3) is 4.50. The van der Waals surface area contributed by atoms with Crippen LogP contribution in [0.3, 0.4) is 0 Å². The van der Waals surface area contributed by atoms with E-state index in [1.807, 2.05) is 32.3 Å². The number of ether oxygens (including phenoxy) is 1. The maximum atomic E-state index is 10.7. The Morgan fingerprint density at radius 2 is 2.11 bits per heavy atom. The van der Waals surface area contributed by atoms with Crippen LogP contribution in [0.2, 0.25) is 0 Å². The van der Waals surface area contributed by atoms with Crippen molar-refractivity contribution < 1.29 is 14.6 Å². The lowest BCUT2D eigenvalue weighted by atomic mass is 10.1. The molecule has 0 aliphatic heterocycles. The van der Waals surface area contributed by atoms with E-state index in [0.717, 1.165) is 5.82 Å². The first-order valence-corrected chi connectivity index (χ1v) is 7.08. The lowest BCUT2D eigenvalue weighted by molar-refractivity contribution is -0.133. The van der Waals surface area contributed by atoms with Gasteiger partial charge in [-0.15, -0.1) is 10.2 Å². The van der Waals surface area contributed by atoms with Gasteiger partial charge in [0.1, 0.15) is 5.82 Å². The minimum atomic E-state index is -0.864. The summed E-state index contributed by atoms with van der Waals surface area (Å²) < 4.78 is 7.37. The van der Waals surface area contributed by atoms with E-state index in [1.165, 1.54) is 11.8 Å². The summed E-state index contributed by atoms with van der Waals surface area (Å²) in [4.78, 5) is 10.7. The molecular formula is C12H21N3O3S. The van der Waals surface area contributed by atoms with Crippen molar-refractivity contribution in [3.05, 3.63) is 5.82 Å². The first-order valence-electron chi connectivity index (χ1n) is 6.09. The van der Waals surface area contributed by atoms with E-state index in [2.05, 4.69) is 10.2 Å². The summed E-state index contributed by atoms with van der Waals surface area (Å²) in [5.41, 5.74) is -0.357. The molecule has 0 saturated carbocycles. The van der Waals surface area contributed by atoms with Crippen LogP contribution in [0.15, 0.2) is 5.16 Å². The summed E-state index contributed by atoms with van der Waals surface area (Å²) in [6.07, 6.45) is 0. The molecule has 1 N–H and O–H groups in total. The van der Waals surface area contributed by atoms with Crippen molar-refractivity contribution in [3.8, 4) is 0 Å². The van der Waals surface area contributed by atoms with E-state index in [9.17, 15) is 4.79 Å². The molecule has 1 aromatic heterocycles. The fourth-order valence-electron chi connectivity index (χ4n) is 1.55. The molecule has 0 atom stereocenters. The summed E-state index contributed by atoms with van der Waals surface area (Å²) in [6.45, 7) is 8.61.